The van der Waals surface area contributed by atoms with Crippen molar-refractivity contribution in [3.63, 3.8) is 0 Å². The Balaban J connectivity index is 2.31. The Bertz CT molecular complexity index is 508. The molecule has 0 aromatic carbocycles. The lowest BCUT2D eigenvalue weighted by atomic mass is 10.2. The normalized spacial score (nSPS) is 10.4. The number of hydrogen-bond acceptors (Lipinski definition) is 2. The fourth-order valence-corrected chi connectivity index (χ4v) is 1.60. The SMILES string of the molecule is Cc1nc(N)c(C[n+]2ccccc2C)c[nH+]1. The fraction of sp³-hybridized carbons (Fsp3) is 0.250. The van der Waals surface area contributed by atoms with E-state index in [4.69, 9.17) is 5.73 Å². The Labute approximate surface area is 94.8 Å². The molecule has 16 heavy (non-hydrogen) atoms. The second-order valence-corrected chi connectivity index (χ2v) is 3.87. The molecule has 2 heterocycles. The van der Waals surface area contributed by atoms with Gasteiger partial charge in [0.2, 0.25) is 0 Å². The van der Waals surface area contributed by atoms with Crippen LogP contribution < -0.4 is 15.3 Å². The summed E-state index contributed by atoms with van der Waals surface area (Å²) in [7, 11) is 0. The standard InChI is InChI=1S/C12H15N4/c1-9-5-3-4-6-16(9)8-11-7-14-10(2)15-12(11)13/h3-7H,8H2,1-2H3,(H2,13,14,15)/q+1/p+1. The first kappa shape index (κ1) is 10.5. The summed E-state index contributed by atoms with van der Waals surface area (Å²) in [5, 5.41) is 0. The second kappa shape index (κ2) is 4.26. The number of pyridine rings is 1. The number of nitrogens with two attached hydrogens (primary N) is 1. The van der Waals surface area contributed by atoms with E-state index in [2.05, 4.69) is 27.5 Å². The zero-order chi connectivity index (χ0) is 11.5. The topological polar surface area (TPSA) is 56.9 Å². The highest BCUT2D eigenvalue weighted by Gasteiger charge is 2.14. The summed E-state index contributed by atoms with van der Waals surface area (Å²) in [5.41, 5.74) is 8.08. The molecule has 0 spiro atoms. The molecule has 4 heteroatoms. The molecule has 0 amide bonds. The van der Waals surface area contributed by atoms with Gasteiger partial charge in [-0.05, 0) is 4.98 Å². The highest BCUT2D eigenvalue weighted by Crippen LogP contribution is 2.04. The molecule has 0 aliphatic heterocycles. The van der Waals surface area contributed by atoms with Gasteiger partial charge in [-0.2, -0.15) is 4.57 Å². The van der Waals surface area contributed by atoms with Crippen molar-refractivity contribution in [1.82, 2.24) is 4.98 Å². The summed E-state index contributed by atoms with van der Waals surface area (Å²) in [6.45, 7) is 4.70. The van der Waals surface area contributed by atoms with Gasteiger partial charge in [-0.25, -0.2) is 4.98 Å². The summed E-state index contributed by atoms with van der Waals surface area (Å²) in [6.07, 6.45) is 3.95. The van der Waals surface area contributed by atoms with Crippen molar-refractivity contribution in [3.05, 3.63) is 47.7 Å². The Morgan fingerprint density at radius 2 is 2.19 bits per heavy atom. The van der Waals surface area contributed by atoms with Gasteiger partial charge in [0, 0.05) is 26.0 Å². The lowest BCUT2D eigenvalue weighted by Gasteiger charge is -1.99. The molecule has 3 N–H and O–H groups in total. The van der Waals surface area contributed by atoms with Crippen LogP contribution in [0.3, 0.4) is 0 Å². The van der Waals surface area contributed by atoms with Crippen LogP contribution in [0.2, 0.25) is 0 Å². The van der Waals surface area contributed by atoms with Crippen molar-refractivity contribution in [1.29, 1.82) is 0 Å². The predicted octanol–water partition coefficient (Wildman–Crippen LogP) is 0.431. The van der Waals surface area contributed by atoms with Crippen LogP contribution in [-0.2, 0) is 6.54 Å². The molecule has 0 unspecified atom stereocenters. The largest absolute Gasteiger partial charge is 0.362 e. The minimum atomic E-state index is 0.590. The van der Waals surface area contributed by atoms with Gasteiger partial charge in [0.05, 0.1) is 0 Å². The van der Waals surface area contributed by atoms with Gasteiger partial charge in [0.25, 0.3) is 11.6 Å². The van der Waals surface area contributed by atoms with E-state index in [1.807, 2.05) is 31.5 Å². The highest BCUT2D eigenvalue weighted by molar-refractivity contribution is 5.35. The van der Waals surface area contributed by atoms with E-state index < -0.39 is 0 Å². The molecule has 0 bridgehead atoms. The number of nitrogens with zero attached hydrogens (tertiary/aromatic N) is 2. The van der Waals surface area contributed by atoms with Crippen LogP contribution in [-0.4, -0.2) is 4.98 Å². The number of hydrogen-bond donors (Lipinski definition) is 1. The van der Waals surface area contributed by atoms with Gasteiger partial charge >= 0.3 is 0 Å². The Hall–Kier alpha value is -1.97. The molecule has 0 saturated heterocycles. The molecule has 0 radical (unpaired) electrons. The van der Waals surface area contributed by atoms with Crippen molar-refractivity contribution >= 4 is 5.82 Å². The van der Waals surface area contributed by atoms with Gasteiger partial charge in [0.1, 0.15) is 11.8 Å². The van der Waals surface area contributed by atoms with E-state index in [-0.39, 0.29) is 0 Å². The first-order chi connectivity index (χ1) is 7.66. The van der Waals surface area contributed by atoms with Crippen LogP contribution in [0.5, 0.6) is 0 Å². The molecular formula is C12H16N4+2. The smallest absolute Gasteiger partial charge is 0.295 e. The first-order valence-corrected chi connectivity index (χ1v) is 5.25. The third-order valence-electron chi connectivity index (χ3n) is 2.58. The summed E-state index contributed by atoms with van der Waals surface area (Å²) in [5.74, 6) is 1.42. The maximum absolute atomic E-state index is 5.87. The van der Waals surface area contributed by atoms with Gasteiger partial charge in [-0.1, -0.05) is 6.07 Å². The van der Waals surface area contributed by atoms with Gasteiger partial charge in [-0.15, -0.1) is 0 Å². The van der Waals surface area contributed by atoms with Crippen molar-refractivity contribution in [3.8, 4) is 0 Å². The molecule has 0 atom stereocenters. The monoisotopic (exact) mass is 216 g/mol. The summed E-state index contributed by atoms with van der Waals surface area (Å²) < 4.78 is 2.14. The molecule has 4 nitrogen and oxygen atoms in total. The number of nitrogens with one attached hydrogen (secondary N) is 1. The Morgan fingerprint density at radius 3 is 2.88 bits per heavy atom. The molecule has 82 valence electrons. The van der Waals surface area contributed by atoms with Crippen LogP contribution in [0.1, 0.15) is 17.1 Å². The summed E-state index contributed by atoms with van der Waals surface area (Å²) in [4.78, 5) is 7.28. The number of H-pyrrole nitrogens is 1. The van der Waals surface area contributed by atoms with Crippen molar-refractivity contribution in [2.24, 2.45) is 0 Å². The van der Waals surface area contributed by atoms with Crippen LogP contribution in [0.15, 0.2) is 30.6 Å². The summed E-state index contributed by atoms with van der Waals surface area (Å²) in [6, 6.07) is 6.10. The number of anilines is 1. The number of aromatic amines is 1. The third kappa shape index (κ3) is 2.16. The first-order valence-electron chi connectivity index (χ1n) is 5.25. The van der Waals surface area contributed by atoms with Crippen molar-refractivity contribution < 1.29 is 9.55 Å². The van der Waals surface area contributed by atoms with E-state index >= 15 is 0 Å². The molecule has 0 saturated carbocycles. The van der Waals surface area contributed by atoms with Crippen LogP contribution in [0.25, 0.3) is 0 Å². The molecule has 2 aromatic heterocycles. The number of aryl methyl sites for hydroxylation is 2. The van der Waals surface area contributed by atoms with Crippen LogP contribution in [0, 0.1) is 13.8 Å². The van der Waals surface area contributed by atoms with Crippen molar-refractivity contribution in [2.45, 2.75) is 20.4 Å². The van der Waals surface area contributed by atoms with Gasteiger partial charge < -0.3 is 5.73 Å². The number of rotatable bonds is 2. The molecular weight excluding hydrogens is 200 g/mol. The molecule has 0 fully saturated rings. The van der Waals surface area contributed by atoms with E-state index in [1.165, 1.54) is 5.69 Å². The van der Waals surface area contributed by atoms with E-state index in [9.17, 15) is 0 Å². The zero-order valence-corrected chi connectivity index (χ0v) is 9.57. The minimum Gasteiger partial charge on any atom is -0.362 e. The average Bonchev–Trinajstić information content (AvgIpc) is 2.25. The summed E-state index contributed by atoms with van der Waals surface area (Å²) >= 11 is 0. The number of aromatic nitrogens is 3. The molecule has 2 rings (SSSR count). The maximum Gasteiger partial charge on any atom is 0.295 e. The van der Waals surface area contributed by atoms with E-state index in [0.29, 0.717) is 5.82 Å². The lowest BCUT2D eigenvalue weighted by molar-refractivity contribution is -0.694. The van der Waals surface area contributed by atoms with Crippen LogP contribution in [0.4, 0.5) is 5.82 Å². The van der Waals surface area contributed by atoms with Gasteiger partial charge in [-0.3, -0.25) is 0 Å². The van der Waals surface area contributed by atoms with E-state index in [0.717, 1.165) is 17.9 Å². The molecule has 2 aromatic rings. The minimum absolute atomic E-state index is 0.590. The third-order valence-corrected chi connectivity index (χ3v) is 2.58. The highest BCUT2D eigenvalue weighted by atomic mass is 15.0. The van der Waals surface area contributed by atoms with Crippen molar-refractivity contribution in [2.75, 3.05) is 5.73 Å². The van der Waals surface area contributed by atoms with E-state index in [1.54, 1.807) is 0 Å². The average molecular weight is 216 g/mol. The fourth-order valence-electron chi connectivity index (χ4n) is 1.60. The maximum atomic E-state index is 5.87. The predicted molar refractivity (Wildman–Crippen MR) is 60.4 cm³/mol. The quantitative estimate of drug-likeness (QED) is 0.740. The Kier molecular flexibility index (Phi) is 2.81. The lowest BCUT2D eigenvalue weighted by Crippen LogP contribution is -2.37. The second-order valence-electron chi connectivity index (χ2n) is 3.87. The zero-order valence-electron chi connectivity index (χ0n) is 9.57. The van der Waals surface area contributed by atoms with Gasteiger partial charge in [0.15, 0.2) is 18.4 Å². The Morgan fingerprint density at radius 1 is 1.38 bits per heavy atom. The van der Waals surface area contributed by atoms with Crippen LogP contribution >= 0.6 is 0 Å². The number of nitrogen functional groups attached to an aromatic ring is 1. The molecule has 0 aliphatic rings. The molecule has 0 aliphatic carbocycles.